The highest BCUT2D eigenvalue weighted by molar-refractivity contribution is 6.47. The molecule has 25 heavy (non-hydrogen) atoms. The molecule has 4 rings (SSSR count). The number of allylic oxidation sites excluding steroid dienone is 1. The predicted octanol–water partition coefficient (Wildman–Crippen LogP) is 5.13. The molecule has 1 saturated heterocycles. The molecular weight excluding hydrogens is 309 g/mol. The van der Waals surface area contributed by atoms with Crippen LogP contribution in [-0.2, 0) is 9.31 Å². The van der Waals surface area contributed by atoms with Crippen LogP contribution in [0.1, 0.15) is 86.0 Å². The SMILES string of the molecule is C=CCCCCCCC(N)B1OC2CC3CC(C3(C)C)C2(C)O1.CC. The van der Waals surface area contributed by atoms with Gasteiger partial charge in [-0.3, -0.25) is 0 Å². The predicted molar refractivity (Wildman–Crippen MR) is 107 cm³/mol. The molecule has 5 unspecified atom stereocenters. The maximum Gasteiger partial charge on any atom is 0.475 e. The molecule has 0 radical (unpaired) electrons. The van der Waals surface area contributed by atoms with Crippen molar-refractivity contribution in [1.29, 1.82) is 0 Å². The Hall–Kier alpha value is -0.315. The van der Waals surface area contributed by atoms with Crippen LogP contribution < -0.4 is 5.73 Å². The molecule has 3 aliphatic carbocycles. The zero-order valence-electron chi connectivity index (χ0n) is 17.2. The molecule has 1 heterocycles. The fourth-order valence-corrected chi connectivity index (χ4v) is 5.24. The van der Waals surface area contributed by atoms with Gasteiger partial charge in [0.1, 0.15) is 0 Å². The van der Waals surface area contributed by atoms with E-state index in [9.17, 15) is 0 Å². The fourth-order valence-electron chi connectivity index (χ4n) is 5.24. The monoisotopic (exact) mass is 349 g/mol. The lowest BCUT2D eigenvalue weighted by atomic mass is 9.43. The van der Waals surface area contributed by atoms with Gasteiger partial charge in [0.25, 0.3) is 0 Å². The fraction of sp³-hybridized carbons (Fsp3) is 0.905. The molecule has 0 spiro atoms. The van der Waals surface area contributed by atoms with Crippen LogP contribution in [0.15, 0.2) is 12.7 Å². The first kappa shape index (κ1) is 21.0. The molecule has 0 aromatic rings. The molecule has 144 valence electrons. The lowest BCUT2D eigenvalue weighted by molar-refractivity contribution is -0.199. The van der Waals surface area contributed by atoms with Crippen molar-refractivity contribution in [3.8, 4) is 0 Å². The Bertz CT molecular complexity index is 442. The first-order chi connectivity index (χ1) is 11.9. The van der Waals surface area contributed by atoms with Crippen molar-refractivity contribution in [2.45, 2.75) is 104 Å². The minimum atomic E-state index is -0.201. The van der Waals surface area contributed by atoms with Gasteiger partial charge in [-0.25, -0.2) is 0 Å². The highest BCUT2D eigenvalue weighted by atomic mass is 16.7. The lowest BCUT2D eigenvalue weighted by Crippen LogP contribution is -2.65. The summed E-state index contributed by atoms with van der Waals surface area (Å²) >= 11 is 0. The first-order valence-corrected chi connectivity index (χ1v) is 10.6. The molecule has 4 heteroatoms. The second-order valence-corrected chi connectivity index (χ2v) is 8.78. The van der Waals surface area contributed by atoms with Crippen LogP contribution in [-0.4, -0.2) is 24.8 Å². The zero-order chi connectivity index (χ0) is 18.7. The van der Waals surface area contributed by atoms with Crippen LogP contribution in [0.4, 0.5) is 0 Å². The molecule has 0 aromatic heterocycles. The lowest BCUT2D eigenvalue weighted by Gasteiger charge is -2.64. The van der Waals surface area contributed by atoms with E-state index in [1.54, 1.807) is 0 Å². The van der Waals surface area contributed by atoms with Crippen LogP contribution in [0.2, 0.25) is 0 Å². The third kappa shape index (κ3) is 4.01. The van der Waals surface area contributed by atoms with Crippen molar-refractivity contribution < 1.29 is 9.31 Å². The molecule has 2 bridgehead atoms. The van der Waals surface area contributed by atoms with Gasteiger partial charge >= 0.3 is 7.12 Å². The standard InChI is InChI=1S/C19H34BNO2.C2H6/c1-5-6-7-8-9-10-11-17(21)20-22-16-13-14-12-15(18(14,2)3)19(16,4)23-20;1-2/h5,14-17H,1,6-13,21H2,2-4H3;1-2H3. The number of unbranched alkanes of at least 4 members (excludes halogenated alkanes) is 4. The van der Waals surface area contributed by atoms with Gasteiger partial charge in [-0.05, 0) is 56.3 Å². The van der Waals surface area contributed by atoms with Crippen LogP contribution in [0.25, 0.3) is 0 Å². The van der Waals surface area contributed by atoms with Crippen molar-refractivity contribution in [2.24, 2.45) is 23.0 Å². The summed E-state index contributed by atoms with van der Waals surface area (Å²) in [5, 5.41) is 0. The van der Waals surface area contributed by atoms with E-state index < -0.39 is 0 Å². The van der Waals surface area contributed by atoms with Gasteiger partial charge in [0.2, 0.25) is 0 Å². The van der Waals surface area contributed by atoms with Gasteiger partial charge in [-0.15, -0.1) is 6.58 Å². The summed E-state index contributed by atoms with van der Waals surface area (Å²) in [6.07, 6.45) is 11.7. The van der Waals surface area contributed by atoms with Gasteiger partial charge in [-0.1, -0.05) is 53.0 Å². The van der Waals surface area contributed by atoms with Crippen molar-refractivity contribution in [2.75, 3.05) is 0 Å². The third-order valence-electron chi connectivity index (χ3n) is 7.01. The Morgan fingerprint density at radius 2 is 1.84 bits per heavy atom. The Morgan fingerprint density at radius 3 is 2.48 bits per heavy atom. The highest BCUT2D eigenvalue weighted by Gasteiger charge is 2.68. The van der Waals surface area contributed by atoms with E-state index in [1.165, 1.54) is 32.1 Å². The third-order valence-corrected chi connectivity index (χ3v) is 7.01. The quantitative estimate of drug-likeness (QED) is 0.375. The van der Waals surface area contributed by atoms with Gasteiger partial charge in [-0.2, -0.15) is 0 Å². The summed E-state index contributed by atoms with van der Waals surface area (Å²) in [5.41, 5.74) is 6.67. The van der Waals surface area contributed by atoms with Crippen molar-refractivity contribution in [3.63, 3.8) is 0 Å². The van der Waals surface area contributed by atoms with Crippen LogP contribution in [0, 0.1) is 17.3 Å². The molecule has 5 atom stereocenters. The molecule has 0 amide bonds. The van der Waals surface area contributed by atoms with E-state index >= 15 is 0 Å². The van der Waals surface area contributed by atoms with Crippen LogP contribution >= 0.6 is 0 Å². The zero-order valence-corrected chi connectivity index (χ0v) is 17.2. The van der Waals surface area contributed by atoms with E-state index in [2.05, 4.69) is 27.4 Å². The molecule has 2 N–H and O–H groups in total. The summed E-state index contributed by atoms with van der Waals surface area (Å²) < 4.78 is 12.7. The average Bonchev–Trinajstić information content (AvgIpc) is 2.96. The van der Waals surface area contributed by atoms with Gasteiger partial charge in [0, 0.05) is 5.94 Å². The van der Waals surface area contributed by atoms with Gasteiger partial charge in [0.15, 0.2) is 0 Å². The summed E-state index contributed by atoms with van der Waals surface area (Å²) in [7, 11) is -0.201. The van der Waals surface area contributed by atoms with E-state index in [-0.39, 0.29) is 24.8 Å². The van der Waals surface area contributed by atoms with Crippen molar-refractivity contribution >= 4 is 7.12 Å². The van der Waals surface area contributed by atoms with E-state index in [4.69, 9.17) is 15.0 Å². The molecule has 4 fully saturated rings. The summed E-state index contributed by atoms with van der Waals surface area (Å²) in [6, 6.07) is 0. The van der Waals surface area contributed by atoms with Crippen molar-refractivity contribution in [1.82, 2.24) is 0 Å². The molecular formula is C21H40BNO2. The topological polar surface area (TPSA) is 44.5 Å². The number of hydrogen-bond donors (Lipinski definition) is 1. The van der Waals surface area contributed by atoms with E-state index in [0.29, 0.717) is 11.3 Å². The van der Waals surface area contributed by atoms with E-state index in [0.717, 1.165) is 25.2 Å². The minimum absolute atomic E-state index is 0.0112. The van der Waals surface area contributed by atoms with Crippen LogP contribution in [0.5, 0.6) is 0 Å². The number of rotatable bonds is 8. The summed E-state index contributed by atoms with van der Waals surface area (Å²) in [5.74, 6) is 1.43. The first-order valence-electron chi connectivity index (χ1n) is 10.6. The Balaban J connectivity index is 0.00000109. The maximum atomic E-state index is 6.44. The van der Waals surface area contributed by atoms with Gasteiger partial charge < -0.3 is 15.0 Å². The Kier molecular flexibility index (Phi) is 7.21. The second-order valence-electron chi connectivity index (χ2n) is 8.78. The Morgan fingerprint density at radius 1 is 1.16 bits per heavy atom. The number of hydrogen-bond acceptors (Lipinski definition) is 3. The second kappa shape index (κ2) is 8.58. The molecule has 1 aliphatic heterocycles. The largest absolute Gasteiger partial charge is 0.475 e. The smallest absolute Gasteiger partial charge is 0.404 e. The molecule has 3 saturated carbocycles. The van der Waals surface area contributed by atoms with Crippen LogP contribution in [0.3, 0.4) is 0 Å². The summed E-state index contributed by atoms with van der Waals surface area (Å²) in [6.45, 7) is 14.8. The average molecular weight is 349 g/mol. The van der Waals surface area contributed by atoms with E-state index in [1.807, 2.05) is 19.9 Å². The molecule has 3 nitrogen and oxygen atoms in total. The maximum absolute atomic E-state index is 6.44. The summed E-state index contributed by atoms with van der Waals surface area (Å²) in [4.78, 5) is 0. The molecule has 0 aromatic carbocycles. The molecule has 4 aliphatic rings. The van der Waals surface area contributed by atoms with Gasteiger partial charge in [0.05, 0.1) is 11.7 Å². The number of nitrogens with two attached hydrogens (primary N) is 1. The van der Waals surface area contributed by atoms with Crippen molar-refractivity contribution in [3.05, 3.63) is 12.7 Å². The highest BCUT2D eigenvalue weighted by Crippen LogP contribution is 2.65. The Labute approximate surface area is 156 Å². The minimum Gasteiger partial charge on any atom is -0.404 e. The normalized spacial score (nSPS) is 35.9.